The molecule has 1 aromatic carbocycles. The fourth-order valence-electron chi connectivity index (χ4n) is 1.62. The molecule has 2 nitrogen and oxygen atoms in total. The van der Waals surface area contributed by atoms with E-state index >= 15 is 0 Å². The van der Waals surface area contributed by atoms with Gasteiger partial charge in [0, 0.05) is 10.0 Å². The molecular formula is C11H14BrNO. The van der Waals surface area contributed by atoms with Crippen molar-refractivity contribution in [3.05, 3.63) is 27.7 Å². The Labute approximate surface area is 92.6 Å². The molecule has 2 rings (SSSR count). The average molecular weight is 256 g/mol. The van der Waals surface area contributed by atoms with Gasteiger partial charge in [0.1, 0.15) is 5.75 Å². The number of nitrogens with two attached hydrogens (primary N) is 1. The minimum absolute atomic E-state index is 0.113. The molecule has 1 aliphatic carbocycles. The van der Waals surface area contributed by atoms with E-state index < -0.39 is 0 Å². The van der Waals surface area contributed by atoms with Crippen LogP contribution in [-0.2, 0) is 5.54 Å². The minimum Gasteiger partial charge on any atom is -0.497 e. The Morgan fingerprint density at radius 1 is 1.43 bits per heavy atom. The zero-order valence-corrected chi connectivity index (χ0v) is 10.0. The summed E-state index contributed by atoms with van der Waals surface area (Å²) in [6.07, 6.45) is 2.14. The Morgan fingerprint density at radius 3 is 2.57 bits per heavy atom. The smallest absolute Gasteiger partial charge is 0.119 e. The summed E-state index contributed by atoms with van der Waals surface area (Å²) in [6.45, 7) is 2.06. The molecule has 1 aliphatic rings. The van der Waals surface area contributed by atoms with E-state index in [2.05, 4.69) is 22.9 Å². The highest BCUT2D eigenvalue weighted by atomic mass is 79.9. The highest BCUT2D eigenvalue weighted by Gasteiger charge is 2.41. The van der Waals surface area contributed by atoms with Crippen LogP contribution in [0.2, 0.25) is 0 Å². The van der Waals surface area contributed by atoms with E-state index in [-0.39, 0.29) is 5.54 Å². The van der Waals surface area contributed by atoms with Gasteiger partial charge in [0.25, 0.3) is 0 Å². The van der Waals surface area contributed by atoms with Crippen LogP contribution >= 0.6 is 15.9 Å². The molecule has 0 radical (unpaired) electrons. The molecule has 0 bridgehead atoms. The van der Waals surface area contributed by atoms with Crippen LogP contribution in [0.3, 0.4) is 0 Å². The SMILES string of the molecule is COc1cc(C)c(Br)c(C2(N)CC2)c1. The predicted molar refractivity (Wildman–Crippen MR) is 60.5 cm³/mol. The number of rotatable bonds is 2. The van der Waals surface area contributed by atoms with E-state index in [1.165, 1.54) is 11.1 Å². The van der Waals surface area contributed by atoms with Crippen LogP contribution in [0.4, 0.5) is 0 Å². The fourth-order valence-corrected chi connectivity index (χ4v) is 2.24. The van der Waals surface area contributed by atoms with Crippen molar-refractivity contribution in [3.63, 3.8) is 0 Å². The first-order valence-electron chi connectivity index (χ1n) is 4.70. The van der Waals surface area contributed by atoms with Crippen LogP contribution in [0.1, 0.15) is 24.0 Å². The molecule has 1 saturated carbocycles. The summed E-state index contributed by atoms with van der Waals surface area (Å²) in [5, 5.41) is 0. The van der Waals surface area contributed by atoms with E-state index in [1.807, 2.05) is 12.1 Å². The molecule has 0 amide bonds. The zero-order chi connectivity index (χ0) is 10.3. The Hall–Kier alpha value is -0.540. The molecule has 3 heteroatoms. The van der Waals surface area contributed by atoms with Crippen molar-refractivity contribution in [2.75, 3.05) is 7.11 Å². The van der Waals surface area contributed by atoms with Gasteiger partial charge in [-0.3, -0.25) is 0 Å². The molecule has 0 spiro atoms. The largest absolute Gasteiger partial charge is 0.497 e. The predicted octanol–water partition coefficient (Wildman–Crippen LogP) is 2.71. The van der Waals surface area contributed by atoms with Crippen LogP contribution in [0.5, 0.6) is 5.75 Å². The van der Waals surface area contributed by atoms with Crippen LogP contribution in [0.15, 0.2) is 16.6 Å². The molecule has 2 N–H and O–H groups in total. The number of aryl methyl sites for hydroxylation is 1. The number of benzene rings is 1. The quantitative estimate of drug-likeness (QED) is 0.882. The van der Waals surface area contributed by atoms with E-state index in [0.29, 0.717) is 0 Å². The monoisotopic (exact) mass is 255 g/mol. The van der Waals surface area contributed by atoms with Crippen molar-refractivity contribution in [1.29, 1.82) is 0 Å². The lowest BCUT2D eigenvalue weighted by Crippen LogP contribution is -2.19. The second-order valence-corrected chi connectivity index (χ2v) is 4.75. The Kier molecular flexibility index (Phi) is 2.32. The maximum absolute atomic E-state index is 6.18. The van der Waals surface area contributed by atoms with Crippen molar-refractivity contribution in [3.8, 4) is 5.75 Å². The van der Waals surface area contributed by atoms with Gasteiger partial charge in [0.05, 0.1) is 7.11 Å². The number of halogens is 1. The zero-order valence-electron chi connectivity index (χ0n) is 8.43. The summed E-state index contributed by atoms with van der Waals surface area (Å²) in [6, 6.07) is 4.05. The molecule has 0 aromatic heterocycles. The summed E-state index contributed by atoms with van der Waals surface area (Å²) in [5.41, 5.74) is 8.41. The lowest BCUT2D eigenvalue weighted by Gasteiger charge is -2.15. The molecular weight excluding hydrogens is 242 g/mol. The third kappa shape index (κ3) is 1.55. The van der Waals surface area contributed by atoms with E-state index in [4.69, 9.17) is 10.5 Å². The van der Waals surface area contributed by atoms with Gasteiger partial charge >= 0.3 is 0 Å². The van der Waals surface area contributed by atoms with Gasteiger partial charge in [-0.05, 0) is 43.0 Å². The van der Waals surface area contributed by atoms with Crippen LogP contribution in [-0.4, -0.2) is 7.11 Å². The third-order valence-electron chi connectivity index (χ3n) is 2.79. The van der Waals surface area contributed by atoms with Crippen molar-refractivity contribution in [2.24, 2.45) is 5.73 Å². The molecule has 76 valence electrons. The number of methoxy groups -OCH3 is 1. The molecule has 0 unspecified atom stereocenters. The Balaban J connectivity index is 2.52. The van der Waals surface area contributed by atoms with Crippen molar-refractivity contribution in [2.45, 2.75) is 25.3 Å². The topological polar surface area (TPSA) is 35.2 Å². The van der Waals surface area contributed by atoms with Crippen LogP contribution in [0, 0.1) is 6.92 Å². The number of ether oxygens (including phenoxy) is 1. The first kappa shape index (κ1) is 9.99. The van der Waals surface area contributed by atoms with Gasteiger partial charge in [0.15, 0.2) is 0 Å². The molecule has 0 atom stereocenters. The molecule has 1 aromatic rings. The fraction of sp³-hybridized carbons (Fsp3) is 0.455. The van der Waals surface area contributed by atoms with Crippen molar-refractivity contribution < 1.29 is 4.74 Å². The summed E-state index contributed by atoms with van der Waals surface area (Å²) in [4.78, 5) is 0. The van der Waals surface area contributed by atoms with Gasteiger partial charge in [0.2, 0.25) is 0 Å². The second-order valence-electron chi connectivity index (χ2n) is 3.96. The highest BCUT2D eigenvalue weighted by Crippen LogP contribution is 2.47. The third-order valence-corrected chi connectivity index (χ3v) is 3.84. The lowest BCUT2D eigenvalue weighted by molar-refractivity contribution is 0.413. The van der Waals surface area contributed by atoms with Crippen molar-refractivity contribution >= 4 is 15.9 Å². The van der Waals surface area contributed by atoms with E-state index in [0.717, 1.165) is 23.1 Å². The van der Waals surface area contributed by atoms with Crippen molar-refractivity contribution in [1.82, 2.24) is 0 Å². The molecule has 0 aliphatic heterocycles. The van der Waals surface area contributed by atoms with Crippen LogP contribution < -0.4 is 10.5 Å². The summed E-state index contributed by atoms with van der Waals surface area (Å²) in [7, 11) is 1.68. The van der Waals surface area contributed by atoms with Gasteiger partial charge in [-0.1, -0.05) is 15.9 Å². The summed E-state index contributed by atoms with van der Waals surface area (Å²) < 4.78 is 6.36. The van der Waals surface area contributed by atoms with Crippen LogP contribution in [0.25, 0.3) is 0 Å². The van der Waals surface area contributed by atoms with Gasteiger partial charge in [-0.2, -0.15) is 0 Å². The highest BCUT2D eigenvalue weighted by molar-refractivity contribution is 9.10. The maximum Gasteiger partial charge on any atom is 0.119 e. The van der Waals surface area contributed by atoms with E-state index in [1.54, 1.807) is 7.11 Å². The minimum atomic E-state index is -0.113. The number of hydrogen-bond donors (Lipinski definition) is 1. The lowest BCUT2D eigenvalue weighted by atomic mass is 10.0. The first-order valence-corrected chi connectivity index (χ1v) is 5.49. The molecule has 0 saturated heterocycles. The van der Waals surface area contributed by atoms with Gasteiger partial charge < -0.3 is 10.5 Å². The standard InChI is InChI=1S/C11H14BrNO/c1-7-5-8(14-2)6-9(10(7)12)11(13)3-4-11/h5-6H,3-4,13H2,1-2H3. The average Bonchev–Trinajstić information content (AvgIpc) is 2.89. The summed E-state index contributed by atoms with van der Waals surface area (Å²) in [5.74, 6) is 0.887. The van der Waals surface area contributed by atoms with E-state index in [9.17, 15) is 0 Å². The molecule has 0 heterocycles. The van der Waals surface area contributed by atoms with Gasteiger partial charge in [-0.15, -0.1) is 0 Å². The maximum atomic E-state index is 6.18. The molecule has 1 fully saturated rings. The number of hydrogen-bond acceptors (Lipinski definition) is 2. The van der Waals surface area contributed by atoms with Gasteiger partial charge in [-0.25, -0.2) is 0 Å². The summed E-state index contributed by atoms with van der Waals surface area (Å²) >= 11 is 3.58. The Bertz CT molecular complexity index is 372. The first-order chi connectivity index (χ1) is 6.57. The normalized spacial score (nSPS) is 18.0. The molecule has 14 heavy (non-hydrogen) atoms. The second kappa shape index (κ2) is 3.24. The Morgan fingerprint density at radius 2 is 2.07 bits per heavy atom.